The number of nitrogens with zero attached hydrogens (tertiary/aromatic N) is 1. The monoisotopic (exact) mass is 230 g/mol. The van der Waals surface area contributed by atoms with Gasteiger partial charge in [-0.3, -0.25) is 0 Å². The number of amides is 1. The van der Waals surface area contributed by atoms with Gasteiger partial charge in [-0.1, -0.05) is 13.8 Å². The standard InChI is InChI=1S/C12H26N2O2/c1-4-9-14(10-5-2)11(3)7-6-8-13-12(15)16/h11,13H,4-10H2,1-3H3,(H,15,16). The highest BCUT2D eigenvalue weighted by Gasteiger charge is 2.11. The van der Waals surface area contributed by atoms with Crippen LogP contribution in [-0.2, 0) is 0 Å². The molecule has 2 N–H and O–H groups in total. The van der Waals surface area contributed by atoms with Gasteiger partial charge < -0.3 is 15.3 Å². The summed E-state index contributed by atoms with van der Waals surface area (Å²) in [5.41, 5.74) is 0. The summed E-state index contributed by atoms with van der Waals surface area (Å²) in [4.78, 5) is 12.7. The Morgan fingerprint density at radius 1 is 1.31 bits per heavy atom. The van der Waals surface area contributed by atoms with Crippen molar-refractivity contribution in [1.29, 1.82) is 0 Å². The Morgan fingerprint density at radius 2 is 1.88 bits per heavy atom. The molecule has 0 heterocycles. The number of carbonyl (C=O) groups is 1. The van der Waals surface area contributed by atoms with Crippen molar-refractivity contribution in [3.05, 3.63) is 0 Å². The summed E-state index contributed by atoms with van der Waals surface area (Å²) in [5, 5.41) is 10.8. The summed E-state index contributed by atoms with van der Waals surface area (Å²) in [6.45, 7) is 9.46. The highest BCUT2D eigenvalue weighted by Crippen LogP contribution is 2.07. The van der Waals surface area contributed by atoms with Gasteiger partial charge in [0.2, 0.25) is 0 Å². The number of hydrogen-bond acceptors (Lipinski definition) is 2. The molecule has 0 spiro atoms. The Bertz CT molecular complexity index is 180. The summed E-state index contributed by atoms with van der Waals surface area (Å²) in [7, 11) is 0. The Kier molecular flexibility index (Phi) is 9.00. The summed E-state index contributed by atoms with van der Waals surface area (Å²) in [6.07, 6.45) is 3.40. The van der Waals surface area contributed by atoms with Crippen molar-refractivity contribution in [2.45, 2.75) is 52.5 Å². The van der Waals surface area contributed by atoms with Crippen molar-refractivity contribution in [3.8, 4) is 0 Å². The Balaban J connectivity index is 3.72. The Labute approximate surface area is 99.0 Å². The molecule has 0 rings (SSSR count). The van der Waals surface area contributed by atoms with Gasteiger partial charge in [0.25, 0.3) is 0 Å². The second-order valence-corrected chi connectivity index (χ2v) is 4.26. The molecule has 1 unspecified atom stereocenters. The average molecular weight is 230 g/mol. The molecule has 0 fully saturated rings. The molecule has 0 aliphatic heterocycles. The van der Waals surface area contributed by atoms with E-state index in [0.29, 0.717) is 12.6 Å². The molecule has 0 saturated heterocycles. The van der Waals surface area contributed by atoms with Gasteiger partial charge in [0.05, 0.1) is 0 Å². The first kappa shape index (κ1) is 15.2. The molecule has 4 heteroatoms. The van der Waals surface area contributed by atoms with Crippen molar-refractivity contribution in [2.75, 3.05) is 19.6 Å². The van der Waals surface area contributed by atoms with Gasteiger partial charge in [0, 0.05) is 12.6 Å². The van der Waals surface area contributed by atoms with Crippen LogP contribution in [0.25, 0.3) is 0 Å². The summed E-state index contributed by atoms with van der Waals surface area (Å²) < 4.78 is 0. The third-order valence-corrected chi connectivity index (χ3v) is 2.72. The molecule has 1 amide bonds. The van der Waals surface area contributed by atoms with Crippen LogP contribution < -0.4 is 5.32 Å². The van der Waals surface area contributed by atoms with Crippen LogP contribution in [0.1, 0.15) is 46.5 Å². The maximum absolute atomic E-state index is 10.3. The lowest BCUT2D eigenvalue weighted by Gasteiger charge is -2.28. The molecule has 4 nitrogen and oxygen atoms in total. The number of hydrogen-bond donors (Lipinski definition) is 2. The topological polar surface area (TPSA) is 52.6 Å². The fourth-order valence-corrected chi connectivity index (χ4v) is 1.90. The summed E-state index contributed by atoms with van der Waals surface area (Å²) >= 11 is 0. The van der Waals surface area contributed by atoms with Crippen molar-refractivity contribution in [3.63, 3.8) is 0 Å². The van der Waals surface area contributed by atoms with E-state index in [4.69, 9.17) is 5.11 Å². The van der Waals surface area contributed by atoms with Crippen LogP contribution in [0.2, 0.25) is 0 Å². The Hall–Kier alpha value is -0.770. The zero-order valence-corrected chi connectivity index (χ0v) is 10.8. The predicted octanol–water partition coefficient (Wildman–Crippen LogP) is 2.54. The normalized spacial score (nSPS) is 12.8. The van der Waals surface area contributed by atoms with Gasteiger partial charge in [-0.05, 0) is 45.7 Å². The second-order valence-electron chi connectivity index (χ2n) is 4.26. The van der Waals surface area contributed by atoms with E-state index in [-0.39, 0.29) is 0 Å². The lowest BCUT2D eigenvalue weighted by molar-refractivity contribution is 0.188. The maximum atomic E-state index is 10.3. The summed E-state index contributed by atoms with van der Waals surface area (Å²) in [5.74, 6) is 0. The number of carboxylic acid groups (broad SMARTS) is 1. The number of rotatable bonds is 9. The summed E-state index contributed by atoms with van der Waals surface area (Å²) in [6, 6.07) is 0.551. The van der Waals surface area contributed by atoms with Gasteiger partial charge in [-0.2, -0.15) is 0 Å². The zero-order chi connectivity index (χ0) is 12.4. The maximum Gasteiger partial charge on any atom is 0.404 e. The second kappa shape index (κ2) is 9.46. The quantitative estimate of drug-likeness (QED) is 0.598. The fraction of sp³-hybridized carbons (Fsp3) is 0.917. The Morgan fingerprint density at radius 3 is 2.31 bits per heavy atom. The SMILES string of the molecule is CCCN(CCC)C(C)CCCNC(=O)O. The molecule has 0 aromatic heterocycles. The van der Waals surface area contributed by atoms with Crippen molar-refractivity contribution in [2.24, 2.45) is 0 Å². The van der Waals surface area contributed by atoms with E-state index in [1.807, 2.05) is 0 Å². The third-order valence-electron chi connectivity index (χ3n) is 2.72. The molecule has 0 saturated carbocycles. The minimum absolute atomic E-state index is 0.551. The van der Waals surface area contributed by atoms with Crippen LogP contribution in [0.4, 0.5) is 4.79 Å². The van der Waals surface area contributed by atoms with Crippen LogP contribution in [0.3, 0.4) is 0 Å². The van der Waals surface area contributed by atoms with Crippen LogP contribution in [0, 0.1) is 0 Å². The van der Waals surface area contributed by atoms with Gasteiger partial charge in [0.1, 0.15) is 0 Å². The average Bonchev–Trinajstić information content (AvgIpc) is 2.23. The van der Waals surface area contributed by atoms with E-state index < -0.39 is 6.09 Å². The highest BCUT2D eigenvalue weighted by molar-refractivity contribution is 5.64. The van der Waals surface area contributed by atoms with Crippen molar-refractivity contribution >= 4 is 6.09 Å². The minimum Gasteiger partial charge on any atom is -0.465 e. The van der Waals surface area contributed by atoms with E-state index in [1.165, 1.54) is 12.8 Å². The molecule has 0 bridgehead atoms. The number of nitrogens with one attached hydrogen (secondary N) is 1. The van der Waals surface area contributed by atoms with Crippen LogP contribution >= 0.6 is 0 Å². The molecule has 96 valence electrons. The smallest absolute Gasteiger partial charge is 0.404 e. The van der Waals surface area contributed by atoms with Crippen LogP contribution in [0.15, 0.2) is 0 Å². The lowest BCUT2D eigenvalue weighted by Crippen LogP contribution is -2.35. The molecular weight excluding hydrogens is 204 g/mol. The van der Waals surface area contributed by atoms with Gasteiger partial charge >= 0.3 is 6.09 Å². The largest absolute Gasteiger partial charge is 0.465 e. The third kappa shape index (κ3) is 7.51. The molecule has 0 aromatic rings. The first-order valence-electron chi connectivity index (χ1n) is 6.32. The zero-order valence-electron chi connectivity index (χ0n) is 10.8. The van der Waals surface area contributed by atoms with Crippen LogP contribution in [0.5, 0.6) is 0 Å². The first-order valence-corrected chi connectivity index (χ1v) is 6.32. The first-order chi connectivity index (χ1) is 7.61. The van der Waals surface area contributed by atoms with E-state index in [1.54, 1.807) is 0 Å². The molecule has 0 radical (unpaired) electrons. The van der Waals surface area contributed by atoms with Crippen molar-refractivity contribution < 1.29 is 9.90 Å². The highest BCUT2D eigenvalue weighted by atomic mass is 16.4. The molecule has 0 aliphatic rings. The van der Waals surface area contributed by atoms with Gasteiger partial charge in [-0.25, -0.2) is 4.79 Å². The molecule has 0 aromatic carbocycles. The van der Waals surface area contributed by atoms with Crippen LogP contribution in [-0.4, -0.2) is 41.8 Å². The van der Waals surface area contributed by atoms with Gasteiger partial charge in [0.15, 0.2) is 0 Å². The van der Waals surface area contributed by atoms with Crippen molar-refractivity contribution in [1.82, 2.24) is 10.2 Å². The molecule has 1 atom stereocenters. The van der Waals surface area contributed by atoms with Gasteiger partial charge in [-0.15, -0.1) is 0 Å². The predicted molar refractivity (Wildman–Crippen MR) is 66.9 cm³/mol. The molecule has 16 heavy (non-hydrogen) atoms. The van der Waals surface area contributed by atoms with E-state index in [0.717, 1.165) is 25.9 Å². The molecular formula is C12H26N2O2. The van der Waals surface area contributed by atoms with E-state index >= 15 is 0 Å². The van der Waals surface area contributed by atoms with E-state index in [2.05, 4.69) is 31.0 Å². The fourth-order valence-electron chi connectivity index (χ4n) is 1.90. The lowest BCUT2D eigenvalue weighted by atomic mass is 10.1. The molecule has 0 aliphatic carbocycles. The minimum atomic E-state index is -0.924. The van der Waals surface area contributed by atoms with E-state index in [9.17, 15) is 4.79 Å².